The average molecular weight is 177 g/mol. The molecule has 13 heavy (non-hydrogen) atoms. The van der Waals surface area contributed by atoms with Crippen LogP contribution in [-0.2, 0) is 0 Å². The van der Waals surface area contributed by atoms with Crippen LogP contribution in [0.1, 0.15) is 38.5 Å². The van der Waals surface area contributed by atoms with E-state index in [-0.39, 0.29) is 0 Å². The average Bonchev–Trinajstić information content (AvgIpc) is 2.56. The van der Waals surface area contributed by atoms with Crippen molar-refractivity contribution in [1.29, 1.82) is 0 Å². The Bertz CT molecular complexity index is 222. The Labute approximate surface area is 80.6 Å². The minimum Gasteiger partial charge on any atom is -0.316 e. The maximum Gasteiger partial charge on any atom is 0.00169 e. The third-order valence-corrected chi connectivity index (χ3v) is 4.80. The summed E-state index contributed by atoms with van der Waals surface area (Å²) in [7, 11) is 0. The van der Waals surface area contributed by atoms with Gasteiger partial charge in [-0.15, -0.1) is 0 Å². The van der Waals surface area contributed by atoms with Crippen LogP contribution in [0.5, 0.6) is 0 Å². The fourth-order valence-corrected chi connectivity index (χ4v) is 3.95. The van der Waals surface area contributed by atoms with Crippen molar-refractivity contribution in [2.24, 2.45) is 10.8 Å². The van der Waals surface area contributed by atoms with Crippen molar-refractivity contribution in [2.75, 3.05) is 13.1 Å². The van der Waals surface area contributed by atoms with Gasteiger partial charge in [-0.25, -0.2) is 0 Å². The van der Waals surface area contributed by atoms with Gasteiger partial charge in [0.25, 0.3) is 0 Å². The number of hydrogen-bond acceptors (Lipinski definition) is 1. The van der Waals surface area contributed by atoms with Crippen LogP contribution in [0.3, 0.4) is 0 Å². The highest BCUT2D eigenvalue weighted by Crippen LogP contribution is 2.58. The van der Waals surface area contributed by atoms with Gasteiger partial charge in [0.15, 0.2) is 0 Å². The van der Waals surface area contributed by atoms with E-state index in [1.807, 2.05) is 0 Å². The van der Waals surface area contributed by atoms with Crippen molar-refractivity contribution in [3.63, 3.8) is 0 Å². The highest BCUT2D eigenvalue weighted by atomic mass is 15.0. The van der Waals surface area contributed by atoms with Crippen molar-refractivity contribution in [3.8, 4) is 0 Å². The molecule has 2 fully saturated rings. The molecule has 0 bridgehead atoms. The van der Waals surface area contributed by atoms with E-state index in [0.717, 1.165) is 0 Å². The third-order valence-electron chi connectivity index (χ3n) is 4.80. The smallest absolute Gasteiger partial charge is 0.00169 e. The maximum atomic E-state index is 3.65. The van der Waals surface area contributed by atoms with Gasteiger partial charge in [0.2, 0.25) is 0 Å². The molecule has 1 heteroatoms. The van der Waals surface area contributed by atoms with E-state index in [2.05, 4.69) is 17.5 Å². The summed E-state index contributed by atoms with van der Waals surface area (Å²) in [6.45, 7) is 2.58. The zero-order chi connectivity index (χ0) is 8.78. The molecule has 1 saturated heterocycles. The van der Waals surface area contributed by atoms with Crippen LogP contribution in [0.25, 0.3) is 0 Å². The van der Waals surface area contributed by atoms with Crippen LogP contribution in [-0.4, -0.2) is 13.1 Å². The molecule has 1 N–H and O–H groups in total. The minimum absolute atomic E-state index is 0.667. The Morgan fingerprint density at radius 3 is 1.92 bits per heavy atom. The second kappa shape index (κ2) is 2.60. The maximum absolute atomic E-state index is 3.65. The first-order chi connectivity index (χ1) is 6.37. The molecule has 0 aromatic rings. The van der Waals surface area contributed by atoms with Gasteiger partial charge in [-0.3, -0.25) is 0 Å². The molecule has 3 rings (SSSR count). The molecule has 2 unspecified atom stereocenters. The molecule has 1 aliphatic heterocycles. The van der Waals surface area contributed by atoms with Gasteiger partial charge in [0.1, 0.15) is 0 Å². The summed E-state index contributed by atoms with van der Waals surface area (Å²) in [5.41, 5.74) is 1.33. The van der Waals surface area contributed by atoms with Crippen LogP contribution in [0.4, 0.5) is 0 Å². The van der Waals surface area contributed by atoms with E-state index in [1.54, 1.807) is 0 Å². The van der Waals surface area contributed by atoms with Crippen molar-refractivity contribution >= 4 is 0 Å². The lowest BCUT2D eigenvalue weighted by atomic mass is 9.53. The molecule has 72 valence electrons. The minimum atomic E-state index is 0.667. The number of hydrogen-bond donors (Lipinski definition) is 1. The molecule has 0 spiro atoms. The summed E-state index contributed by atoms with van der Waals surface area (Å²) in [4.78, 5) is 0. The molecule has 2 atom stereocenters. The van der Waals surface area contributed by atoms with E-state index in [4.69, 9.17) is 0 Å². The quantitative estimate of drug-likeness (QED) is 0.560. The zero-order valence-electron chi connectivity index (χ0n) is 8.31. The molecule has 2 aliphatic carbocycles. The van der Waals surface area contributed by atoms with Crippen LogP contribution in [0.2, 0.25) is 0 Å². The molecule has 0 aromatic carbocycles. The Kier molecular flexibility index (Phi) is 1.61. The molecule has 1 nitrogen and oxygen atoms in total. The molecule has 0 aromatic heterocycles. The summed E-state index contributed by atoms with van der Waals surface area (Å²) in [5.74, 6) is 0. The van der Waals surface area contributed by atoms with Gasteiger partial charge in [-0.05, 0) is 36.5 Å². The molecule has 0 radical (unpaired) electrons. The van der Waals surface area contributed by atoms with E-state index in [1.165, 1.54) is 51.6 Å². The fourth-order valence-electron chi connectivity index (χ4n) is 3.95. The Morgan fingerprint density at radius 2 is 1.38 bits per heavy atom. The lowest BCUT2D eigenvalue weighted by molar-refractivity contribution is 0.0342. The van der Waals surface area contributed by atoms with E-state index < -0.39 is 0 Å². The molecule has 1 saturated carbocycles. The van der Waals surface area contributed by atoms with Crippen LogP contribution in [0, 0.1) is 10.8 Å². The van der Waals surface area contributed by atoms with Crippen LogP contribution >= 0.6 is 0 Å². The molecule has 0 amide bonds. The third kappa shape index (κ3) is 0.914. The van der Waals surface area contributed by atoms with Gasteiger partial charge in [0.05, 0.1) is 0 Å². The first kappa shape index (κ1) is 8.05. The van der Waals surface area contributed by atoms with Crippen LogP contribution < -0.4 is 5.32 Å². The number of rotatable bonds is 0. The lowest BCUT2D eigenvalue weighted by Crippen LogP contribution is -2.44. The van der Waals surface area contributed by atoms with Gasteiger partial charge in [-0.2, -0.15) is 0 Å². The second-order valence-corrected chi connectivity index (χ2v) is 5.25. The standard InChI is InChI=1S/C12H19N/c1-2-6-12-8-4-3-7-11(12,5-1)9-13-10-12/h1-2,13H,3-10H2. The van der Waals surface area contributed by atoms with Crippen molar-refractivity contribution in [2.45, 2.75) is 38.5 Å². The Morgan fingerprint density at radius 1 is 0.846 bits per heavy atom. The predicted octanol–water partition coefficient (Wildman–Crippen LogP) is 2.49. The van der Waals surface area contributed by atoms with Crippen molar-refractivity contribution < 1.29 is 0 Å². The summed E-state index contributed by atoms with van der Waals surface area (Å²) in [6.07, 6.45) is 13.4. The summed E-state index contributed by atoms with van der Waals surface area (Å²) >= 11 is 0. The molecule has 3 aliphatic rings. The van der Waals surface area contributed by atoms with E-state index in [9.17, 15) is 0 Å². The van der Waals surface area contributed by atoms with Crippen molar-refractivity contribution in [3.05, 3.63) is 12.2 Å². The fraction of sp³-hybridized carbons (Fsp3) is 0.833. The highest BCUT2D eigenvalue weighted by molar-refractivity contribution is 5.15. The molecular formula is C12H19N. The monoisotopic (exact) mass is 177 g/mol. The second-order valence-electron chi connectivity index (χ2n) is 5.25. The van der Waals surface area contributed by atoms with Crippen LogP contribution in [0.15, 0.2) is 12.2 Å². The normalized spacial score (nSPS) is 48.6. The molecule has 1 heterocycles. The van der Waals surface area contributed by atoms with Gasteiger partial charge in [0, 0.05) is 13.1 Å². The SMILES string of the molecule is C1=CCC23CCCCC2(C1)CNC3. The first-order valence-corrected chi connectivity index (χ1v) is 5.73. The van der Waals surface area contributed by atoms with Gasteiger partial charge >= 0.3 is 0 Å². The Balaban J connectivity index is 2.02. The van der Waals surface area contributed by atoms with Gasteiger partial charge in [-0.1, -0.05) is 25.0 Å². The van der Waals surface area contributed by atoms with E-state index in [0.29, 0.717) is 10.8 Å². The topological polar surface area (TPSA) is 12.0 Å². The van der Waals surface area contributed by atoms with E-state index >= 15 is 0 Å². The summed E-state index contributed by atoms with van der Waals surface area (Å²) < 4.78 is 0. The predicted molar refractivity (Wildman–Crippen MR) is 54.6 cm³/mol. The van der Waals surface area contributed by atoms with Crippen molar-refractivity contribution in [1.82, 2.24) is 5.32 Å². The number of allylic oxidation sites excluding steroid dienone is 2. The van der Waals surface area contributed by atoms with Gasteiger partial charge < -0.3 is 5.32 Å². The largest absolute Gasteiger partial charge is 0.316 e. The highest BCUT2D eigenvalue weighted by Gasteiger charge is 2.55. The lowest BCUT2D eigenvalue weighted by Gasteiger charge is -2.50. The number of nitrogens with one attached hydrogen (secondary N) is 1. The molecular weight excluding hydrogens is 158 g/mol. The Hall–Kier alpha value is -0.300. The summed E-state index contributed by atoms with van der Waals surface area (Å²) in [6, 6.07) is 0. The summed E-state index contributed by atoms with van der Waals surface area (Å²) in [5, 5.41) is 3.65. The first-order valence-electron chi connectivity index (χ1n) is 5.73. The zero-order valence-corrected chi connectivity index (χ0v) is 8.31.